The molecule has 1 aromatic heterocycles. The predicted octanol–water partition coefficient (Wildman–Crippen LogP) is 5.95. The van der Waals surface area contributed by atoms with Gasteiger partial charge in [0, 0.05) is 25.3 Å². The zero-order valence-corrected chi connectivity index (χ0v) is 23.4. The van der Waals surface area contributed by atoms with E-state index in [9.17, 15) is 4.79 Å². The van der Waals surface area contributed by atoms with Crippen molar-refractivity contribution < 1.29 is 14.3 Å². The van der Waals surface area contributed by atoms with Crippen LogP contribution in [0, 0.1) is 5.92 Å². The summed E-state index contributed by atoms with van der Waals surface area (Å²) in [6.07, 6.45) is -0.374. The van der Waals surface area contributed by atoms with Crippen LogP contribution in [0.25, 0.3) is 0 Å². The SMILES string of the molecule is CC(C)Cn1c(SCC(=O)Nc2ccc(N3CCOCC3)c(Cl)c2)nnc1C(C)Oc1ccccc1Cl. The standard InChI is InChI=1S/C26H31Cl2N5O3S/c1-17(2)15-33-25(18(3)36-23-7-5-4-6-20(23)27)30-31-26(33)37-16-24(34)29-19-8-9-22(21(28)14-19)32-10-12-35-13-11-32/h4-9,14,17-18H,10-13,15-16H2,1-3H3,(H,29,34). The van der Waals surface area contributed by atoms with Crippen molar-refractivity contribution in [2.45, 2.75) is 38.6 Å². The first-order valence-electron chi connectivity index (χ1n) is 12.2. The number of rotatable bonds is 10. The van der Waals surface area contributed by atoms with Crippen LogP contribution < -0.4 is 15.0 Å². The Balaban J connectivity index is 1.40. The Morgan fingerprint density at radius 1 is 1.11 bits per heavy atom. The van der Waals surface area contributed by atoms with Crippen LogP contribution in [0.3, 0.4) is 0 Å². The molecule has 2 aromatic carbocycles. The molecule has 0 radical (unpaired) electrons. The summed E-state index contributed by atoms with van der Waals surface area (Å²) in [5.74, 6) is 1.65. The van der Waals surface area contributed by atoms with E-state index in [4.69, 9.17) is 32.7 Å². The average Bonchev–Trinajstić information content (AvgIpc) is 3.26. The van der Waals surface area contributed by atoms with Gasteiger partial charge in [0.2, 0.25) is 5.91 Å². The molecule has 0 spiro atoms. The topological polar surface area (TPSA) is 81.5 Å². The summed E-state index contributed by atoms with van der Waals surface area (Å²) in [7, 11) is 0. The molecule has 0 bridgehead atoms. The van der Waals surface area contributed by atoms with E-state index in [1.807, 2.05) is 41.8 Å². The third-order valence-corrected chi connectivity index (χ3v) is 7.29. The molecule has 1 unspecified atom stereocenters. The number of nitrogens with zero attached hydrogens (tertiary/aromatic N) is 4. The first-order chi connectivity index (χ1) is 17.8. The normalized spacial score (nSPS) is 14.6. The molecule has 1 aliphatic heterocycles. The summed E-state index contributed by atoms with van der Waals surface area (Å²) >= 11 is 14.1. The van der Waals surface area contributed by atoms with E-state index in [1.54, 1.807) is 12.1 Å². The molecule has 37 heavy (non-hydrogen) atoms. The van der Waals surface area contributed by atoms with Gasteiger partial charge in [-0.15, -0.1) is 10.2 Å². The second-order valence-corrected chi connectivity index (χ2v) is 10.9. The first-order valence-corrected chi connectivity index (χ1v) is 13.9. The molecule has 1 N–H and O–H groups in total. The Morgan fingerprint density at radius 3 is 2.57 bits per heavy atom. The number of nitrogens with one attached hydrogen (secondary N) is 1. The van der Waals surface area contributed by atoms with Gasteiger partial charge in [-0.25, -0.2) is 0 Å². The minimum Gasteiger partial charge on any atom is -0.481 e. The maximum absolute atomic E-state index is 12.7. The Hall–Kier alpha value is -2.46. The summed E-state index contributed by atoms with van der Waals surface area (Å²) in [5.41, 5.74) is 1.60. The van der Waals surface area contributed by atoms with Crippen molar-refractivity contribution in [1.29, 1.82) is 0 Å². The number of carbonyl (C=O) groups is 1. The van der Waals surface area contributed by atoms with E-state index in [0.29, 0.717) is 58.1 Å². The van der Waals surface area contributed by atoms with Crippen molar-refractivity contribution in [2.75, 3.05) is 42.3 Å². The van der Waals surface area contributed by atoms with Crippen LogP contribution in [-0.2, 0) is 16.1 Å². The van der Waals surface area contributed by atoms with Gasteiger partial charge in [-0.3, -0.25) is 4.79 Å². The Bertz CT molecular complexity index is 1220. The van der Waals surface area contributed by atoms with E-state index in [2.05, 4.69) is 34.3 Å². The fourth-order valence-electron chi connectivity index (χ4n) is 4.00. The van der Waals surface area contributed by atoms with Crippen LogP contribution in [0.1, 0.15) is 32.7 Å². The smallest absolute Gasteiger partial charge is 0.234 e. The van der Waals surface area contributed by atoms with Crippen LogP contribution in [0.2, 0.25) is 10.0 Å². The monoisotopic (exact) mass is 563 g/mol. The van der Waals surface area contributed by atoms with E-state index in [-0.39, 0.29) is 17.8 Å². The van der Waals surface area contributed by atoms with Gasteiger partial charge < -0.3 is 24.3 Å². The molecule has 198 valence electrons. The Labute approximate surface area is 231 Å². The van der Waals surface area contributed by atoms with Gasteiger partial charge in [0.25, 0.3) is 0 Å². The van der Waals surface area contributed by atoms with Crippen molar-refractivity contribution >= 4 is 52.2 Å². The molecule has 1 amide bonds. The molecule has 1 fully saturated rings. The molecule has 0 saturated carbocycles. The predicted molar refractivity (Wildman–Crippen MR) is 149 cm³/mol. The molecule has 8 nitrogen and oxygen atoms in total. The van der Waals surface area contributed by atoms with Gasteiger partial charge in [0.05, 0.1) is 34.7 Å². The Kier molecular flexibility index (Phi) is 9.59. The lowest BCUT2D eigenvalue weighted by Crippen LogP contribution is -2.36. The number of ether oxygens (including phenoxy) is 2. The molecule has 1 atom stereocenters. The summed E-state index contributed by atoms with van der Waals surface area (Å²) in [6.45, 7) is 9.80. The number of amides is 1. The number of morpholine rings is 1. The number of thioether (sulfide) groups is 1. The second-order valence-electron chi connectivity index (χ2n) is 9.14. The molecule has 2 heterocycles. The average molecular weight is 565 g/mol. The molecule has 3 aromatic rings. The summed E-state index contributed by atoms with van der Waals surface area (Å²) < 4.78 is 13.5. The van der Waals surface area contributed by atoms with Crippen molar-refractivity contribution in [2.24, 2.45) is 5.92 Å². The van der Waals surface area contributed by atoms with Gasteiger partial charge in [-0.2, -0.15) is 0 Å². The van der Waals surface area contributed by atoms with Gasteiger partial charge in [-0.05, 0) is 43.2 Å². The molecule has 1 saturated heterocycles. The largest absolute Gasteiger partial charge is 0.481 e. The van der Waals surface area contributed by atoms with Crippen molar-refractivity contribution in [3.63, 3.8) is 0 Å². The van der Waals surface area contributed by atoms with E-state index >= 15 is 0 Å². The summed E-state index contributed by atoms with van der Waals surface area (Å²) in [5, 5.41) is 13.5. The highest BCUT2D eigenvalue weighted by Gasteiger charge is 2.22. The molecule has 1 aliphatic rings. The maximum Gasteiger partial charge on any atom is 0.234 e. The zero-order chi connectivity index (χ0) is 26.4. The highest BCUT2D eigenvalue weighted by atomic mass is 35.5. The number of hydrogen-bond donors (Lipinski definition) is 1. The highest BCUT2D eigenvalue weighted by Crippen LogP contribution is 2.31. The Morgan fingerprint density at radius 2 is 1.86 bits per heavy atom. The first kappa shape index (κ1) is 27.6. The number of anilines is 2. The summed E-state index contributed by atoms with van der Waals surface area (Å²) in [6, 6.07) is 12.9. The maximum atomic E-state index is 12.7. The molecule has 4 rings (SSSR count). The number of hydrogen-bond acceptors (Lipinski definition) is 7. The van der Waals surface area contributed by atoms with Gasteiger partial charge in [-0.1, -0.05) is 60.9 Å². The van der Waals surface area contributed by atoms with Crippen molar-refractivity contribution in [3.8, 4) is 5.75 Å². The second kappa shape index (κ2) is 12.9. The molecular formula is C26H31Cl2N5O3S. The van der Waals surface area contributed by atoms with Gasteiger partial charge in [0.1, 0.15) is 5.75 Å². The van der Waals surface area contributed by atoms with Gasteiger partial charge in [0.15, 0.2) is 17.1 Å². The highest BCUT2D eigenvalue weighted by molar-refractivity contribution is 7.99. The van der Waals surface area contributed by atoms with E-state index in [1.165, 1.54) is 11.8 Å². The van der Waals surface area contributed by atoms with Gasteiger partial charge >= 0.3 is 0 Å². The molecule has 11 heteroatoms. The third kappa shape index (κ3) is 7.31. The lowest BCUT2D eigenvalue weighted by Gasteiger charge is -2.29. The molecule has 0 aliphatic carbocycles. The lowest BCUT2D eigenvalue weighted by atomic mass is 10.2. The number of carbonyl (C=O) groups excluding carboxylic acids is 1. The van der Waals surface area contributed by atoms with E-state index in [0.717, 1.165) is 18.8 Å². The lowest BCUT2D eigenvalue weighted by molar-refractivity contribution is -0.113. The number of benzene rings is 2. The minimum atomic E-state index is -0.374. The summed E-state index contributed by atoms with van der Waals surface area (Å²) in [4.78, 5) is 14.9. The van der Waals surface area contributed by atoms with Crippen LogP contribution in [0.5, 0.6) is 5.75 Å². The number of aromatic nitrogens is 3. The quantitative estimate of drug-likeness (QED) is 0.305. The van der Waals surface area contributed by atoms with Crippen LogP contribution >= 0.6 is 35.0 Å². The number of halogens is 2. The van der Waals surface area contributed by atoms with Crippen molar-refractivity contribution in [1.82, 2.24) is 14.8 Å². The van der Waals surface area contributed by atoms with Crippen LogP contribution in [-0.4, -0.2) is 52.7 Å². The fraction of sp³-hybridized carbons (Fsp3) is 0.423. The van der Waals surface area contributed by atoms with Crippen LogP contribution in [0.4, 0.5) is 11.4 Å². The number of para-hydroxylation sites is 1. The minimum absolute atomic E-state index is 0.152. The van der Waals surface area contributed by atoms with E-state index < -0.39 is 0 Å². The van der Waals surface area contributed by atoms with Crippen molar-refractivity contribution in [3.05, 3.63) is 58.3 Å². The third-order valence-electron chi connectivity index (χ3n) is 5.71. The zero-order valence-electron chi connectivity index (χ0n) is 21.1. The fourth-order valence-corrected chi connectivity index (χ4v) is 5.24. The van der Waals surface area contributed by atoms with Crippen LogP contribution in [0.15, 0.2) is 47.6 Å². The molecular weight excluding hydrogens is 533 g/mol.